The average Bonchev–Trinajstić information content (AvgIpc) is 3.23. The molecular weight excluding hydrogens is 733 g/mol. The number of esters is 3. The molecular formula is C53H84O6. The highest BCUT2D eigenvalue weighted by atomic mass is 16.6. The number of ether oxygens (including phenoxy) is 3. The summed E-state index contributed by atoms with van der Waals surface area (Å²) in [5.74, 6) is -1.01. The molecule has 0 aromatic rings. The van der Waals surface area contributed by atoms with Crippen LogP contribution in [-0.4, -0.2) is 37.2 Å². The van der Waals surface area contributed by atoms with Gasteiger partial charge in [-0.05, 0) is 96.3 Å². The van der Waals surface area contributed by atoms with Crippen molar-refractivity contribution in [3.8, 4) is 0 Å². The molecule has 0 amide bonds. The Labute approximate surface area is 361 Å². The summed E-state index contributed by atoms with van der Waals surface area (Å²) in [6.45, 7) is 6.25. The third-order valence-electron chi connectivity index (χ3n) is 9.34. The van der Waals surface area contributed by atoms with Crippen molar-refractivity contribution in [1.29, 1.82) is 0 Å². The van der Waals surface area contributed by atoms with Gasteiger partial charge < -0.3 is 14.2 Å². The van der Waals surface area contributed by atoms with Crippen molar-refractivity contribution >= 4 is 17.9 Å². The fourth-order valence-corrected chi connectivity index (χ4v) is 5.86. The van der Waals surface area contributed by atoms with Crippen molar-refractivity contribution in [2.75, 3.05) is 13.2 Å². The Balaban J connectivity index is 4.45. The zero-order chi connectivity index (χ0) is 43.0. The van der Waals surface area contributed by atoms with E-state index in [4.69, 9.17) is 14.2 Å². The van der Waals surface area contributed by atoms with E-state index in [2.05, 4.69) is 93.7 Å². The third kappa shape index (κ3) is 45.0. The fourth-order valence-electron chi connectivity index (χ4n) is 5.86. The predicted molar refractivity (Wildman–Crippen MR) is 251 cm³/mol. The second kappa shape index (κ2) is 46.8. The maximum atomic E-state index is 12.7. The van der Waals surface area contributed by atoms with Gasteiger partial charge in [-0.3, -0.25) is 14.4 Å². The molecule has 59 heavy (non-hydrogen) atoms. The van der Waals surface area contributed by atoms with Gasteiger partial charge in [-0.2, -0.15) is 0 Å². The topological polar surface area (TPSA) is 78.9 Å². The molecule has 6 nitrogen and oxygen atoms in total. The quantitative estimate of drug-likeness (QED) is 0.0201. The summed E-state index contributed by atoms with van der Waals surface area (Å²) in [5.41, 5.74) is 0. The van der Waals surface area contributed by atoms with Crippen LogP contribution in [0.15, 0.2) is 109 Å². The molecule has 1 unspecified atom stereocenters. The van der Waals surface area contributed by atoms with Crippen molar-refractivity contribution in [3.63, 3.8) is 0 Å². The number of rotatable bonds is 40. The Morgan fingerprint density at radius 2 is 0.763 bits per heavy atom. The lowest BCUT2D eigenvalue weighted by Gasteiger charge is -2.18. The minimum absolute atomic E-state index is 0.113. The van der Waals surface area contributed by atoms with Crippen LogP contribution in [0.3, 0.4) is 0 Å². The van der Waals surface area contributed by atoms with Crippen LogP contribution < -0.4 is 0 Å². The molecule has 332 valence electrons. The lowest BCUT2D eigenvalue weighted by Crippen LogP contribution is -2.30. The highest BCUT2D eigenvalue weighted by Gasteiger charge is 2.19. The first-order chi connectivity index (χ1) is 29.0. The van der Waals surface area contributed by atoms with E-state index in [1.807, 2.05) is 36.5 Å². The first-order valence-electron chi connectivity index (χ1n) is 23.4. The van der Waals surface area contributed by atoms with E-state index in [-0.39, 0.29) is 37.5 Å². The van der Waals surface area contributed by atoms with Gasteiger partial charge in [-0.25, -0.2) is 0 Å². The summed E-state index contributed by atoms with van der Waals surface area (Å²) in [6.07, 6.45) is 62.3. The molecule has 0 N–H and O–H groups in total. The monoisotopic (exact) mass is 817 g/mol. The molecule has 0 radical (unpaired) electrons. The van der Waals surface area contributed by atoms with Gasteiger partial charge in [-0.15, -0.1) is 0 Å². The minimum Gasteiger partial charge on any atom is -0.462 e. The van der Waals surface area contributed by atoms with Crippen LogP contribution in [0.1, 0.15) is 188 Å². The average molecular weight is 817 g/mol. The van der Waals surface area contributed by atoms with Gasteiger partial charge in [0, 0.05) is 19.3 Å². The number of hydrogen-bond donors (Lipinski definition) is 0. The van der Waals surface area contributed by atoms with Crippen molar-refractivity contribution in [2.24, 2.45) is 0 Å². The van der Waals surface area contributed by atoms with Gasteiger partial charge in [0.25, 0.3) is 0 Å². The molecule has 0 heterocycles. The molecule has 0 rings (SSSR count). The van der Waals surface area contributed by atoms with Crippen LogP contribution in [0, 0.1) is 0 Å². The summed E-state index contributed by atoms with van der Waals surface area (Å²) in [4.78, 5) is 37.7. The number of unbranched alkanes of at least 4 members (excludes halogenated alkanes) is 14. The minimum atomic E-state index is -0.815. The summed E-state index contributed by atoms with van der Waals surface area (Å²) < 4.78 is 16.6. The van der Waals surface area contributed by atoms with Crippen LogP contribution in [0.5, 0.6) is 0 Å². The molecule has 0 spiro atoms. The van der Waals surface area contributed by atoms with E-state index < -0.39 is 6.10 Å². The van der Waals surface area contributed by atoms with E-state index in [1.165, 1.54) is 38.5 Å². The molecule has 0 saturated carbocycles. The van der Waals surface area contributed by atoms with Crippen LogP contribution in [0.25, 0.3) is 0 Å². The summed E-state index contributed by atoms with van der Waals surface area (Å²) >= 11 is 0. The smallest absolute Gasteiger partial charge is 0.306 e. The zero-order valence-electron chi connectivity index (χ0n) is 37.7. The highest BCUT2D eigenvalue weighted by molar-refractivity contribution is 5.71. The molecule has 0 aromatic heterocycles. The molecule has 0 bridgehead atoms. The molecule has 6 heteroatoms. The fraction of sp³-hybridized carbons (Fsp3) is 0.604. The van der Waals surface area contributed by atoms with Gasteiger partial charge in [0.05, 0.1) is 0 Å². The maximum Gasteiger partial charge on any atom is 0.306 e. The predicted octanol–water partition coefficient (Wildman–Crippen LogP) is 15.2. The third-order valence-corrected chi connectivity index (χ3v) is 9.34. The lowest BCUT2D eigenvalue weighted by molar-refractivity contribution is -0.167. The molecule has 0 aliphatic heterocycles. The van der Waals surface area contributed by atoms with E-state index in [9.17, 15) is 14.4 Å². The van der Waals surface area contributed by atoms with Crippen LogP contribution in [0.2, 0.25) is 0 Å². The lowest BCUT2D eigenvalue weighted by atomic mass is 10.1. The molecule has 0 aliphatic carbocycles. The maximum absolute atomic E-state index is 12.7. The summed E-state index contributed by atoms with van der Waals surface area (Å²) in [5, 5.41) is 0. The Bertz CT molecular complexity index is 1260. The van der Waals surface area contributed by atoms with E-state index >= 15 is 0 Å². The van der Waals surface area contributed by atoms with Gasteiger partial charge in [0.15, 0.2) is 6.10 Å². The summed E-state index contributed by atoms with van der Waals surface area (Å²) in [6, 6.07) is 0. The Morgan fingerprint density at radius 1 is 0.373 bits per heavy atom. The Morgan fingerprint density at radius 3 is 1.34 bits per heavy atom. The van der Waals surface area contributed by atoms with Crippen LogP contribution in [0.4, 0.5) is 0 Å². The number of allylic oxidation sites excluding steroid dienone is 18. The number of hydrogen-bond acceptors (Lipinski definition) is 6. The van der Waals surface area contributed by atoms with Gasteiger partial charge in [0.1, 0.15) is 13.2 Å². The normalized spacial score (nSPS) is 13.1. The molecule has 1 atom stereocenters. The van der Waals surface area contributed by atoms with E-state index in [0.29, 0.717) is 25.7 Å². The van der Waals surface area contributed by atoms with E-state index in [0.717, 1.165) is 96.3 Å². The highest BCUT2D eigenvalue weighted by Crippen LogP contribution is 2.12. The van der Waals surface area contributed by atoms with Crippen LogP contribution >= 0.6 is 0 Å². The van der Waals surface area contributed by atoms with Crippen LogP contribution in [-0.2, 0) is 28.6 Å². The van der Waals surface area contributed by atoms with E-state index in [1.54, 1.807) is 0 Å². The second-order valence-corrected chi connectivity index (χ2v) is 15.0. The molecule has 0 aromatic carbocycles. The van der Waals surface area contributed by atoms with Gasteiger partial charge >= 0.3 is 17.9 Å². The molecule has 0 fully saturated rings. The number of carbonyl (C=O) groups excluding carboxylic acids is 3. The van der Waals surface area contributed by atoms with Crippen molar-refractivity contribution < 1.29 is 28.6 Å². The van der Waals surface area contributed by atoms with Crippen molar-refractivity contribution in [2.45, 2.75) is 194 Å². The zero-order valence-corrected chi connectivity index (χ0v) is 37.7. The second-order valence-electron chi connectivity index (χ2n) is 15.0. The van der Waals surface area contributed by atoms with Gasteiger partial charge in [0.2, 0.25) is 0 Å². The number of carbonyl (C=O) groups is 3. The van der Waals surface area contributed by atoms with Crippen molar-refractivity contribution in [3.05, 3.63) is 109 Å². The first-order valence-corrected chi connectivity index (χ1v) is 23.4. The standard InChI is InChI=1S/C53H84O6/c1-4-7-10-13-16-19-21-23-24-25-26-27-28-30-31-34-37-40-43-46-52(55)58-49-50(48-57-51(54)45-42-39-36-33-18-15-12-9-6-3)59-53(56)47-44-41-38-35-32-29-22-20-17-14-11-8-5-2/h7-8,10-11,14,16-17,19-20,22-24,26-27,29,32-33,36,50H,4-6,9,12-13,15,18,21,25,28,30-31,34-35,37-49H2,1-3H3/b10-7-,11-8-,17-14-,19-16-,22-20-,24-23-,27-26-,32-29-,36-33-. The van der Waals surface area contributed by atoms with Crippen molar-refractivity contribution in [1.82, 2.24) is 0 Å². The molecule has 0 aliphatic rings. The Kier molecular flexibility index (Phi) is 43.6. The Hall–Kier alpha value is -3.93. The SMILES string of the molecule is CC\C=C/C=C\C=C/C=C\CCCCCC(=O)OC(COC(=O)CCC/C=C\CCCCCC)COC(=O)CCCCCCCC/C=C\C/C=C\C/C=C\C/C=C\CC. The molecule has 0 saturated heterocycles. The van der Waals surface area contributed by atoms with Gasteiger partial charge in [-0.1, -0.05) is 182 Å². The largest absolute Gasteiger partial charge is 0.462 e. The first kappa shape index (κ1) is 55.1. The summed E-state index contributed by atoms with van der Waals surface area (Å²) in [7, 11) is 0.